The minimum Gasteiger partial charge on any atom is -0.444 e. The first-order valence-corrected chi connectivity index (χ1v) is 9.71. The number of alkyl carbamates (subject to hydrolysis) is 1. The molecule has 1 fully saturated rings. The molecule has 1 amide bonds. The normalized spacial score (nSPS) is 15.9. The van der Waals surface area contributed by atoms with Crippen LogP contribution in [0.25, 0.3) is 10.9 Å². The standard InChI is InChI=1S/C22H30N2O4/c1-20(2,3)27-18(25)23-14-22(11-12-22)16-13-24(19(26)28-21(4,5)6)17-10-8-7-9-15(16)17/h7-10,13H,11-12,14H2,1-6H3,(H,23,25). The van der Waals surface area contributed by atoms with E-state index in [2.05, 4.69) is 5.32 Å². The number of hydrogen-bond donors (Lipinski definition) is 1. The summed E-state index contributed by atoms with van der Waals surface area (Å²) in [5.41, 5.74) is 0.593. The van der Waals surface area contributed by atoms with Gasteiger partial charge in [0.05, 0.1) is 5.52 Å². The highest BCUT2D eigenvalue weighted by Gasteiger charge is 2.46. The molecule has 0 radical (unpaired) electrons. The fourth-order valence-corrected chi connectivity index (χ4v) is 3.31. The highest BCUT2D eigenvalue weighted by molar-refractivity contribution is 5.93. The van der Waals surface area contributed by atoms with E-state index in [4.69, 9.17) is 9.47 Å². The average Bonchev–Trinajstić information content (AvgIpc) is 3.22. The predicted octanol–water partition coefficient (Wildman–Crippen LogP) is 4.98. The molecule has 152 valence electrons. The van der Waals surface area contributed by atoms with E-state index in [0.717, 1.165) is 29.3 Å². The zero-order chi connectivity index (χ0) is 20.7. The van der Waals surface area contributed by atoms with Crippen molar-refractivity contribution >= 4 is 23.1 Å². The fraction of sp³-hybridized carbons (Fsp3) is 0.545. The summed E-state index contributed by atoms with van der Waals surface area (Å²) in [7, 11) is 0. The number of rotatable bonds is 3. The Morgan fingerprint density at radius 1 is 1.04 bits per heavy atom. The number of carbonyl (C=O) groups is 2. The summed E-state index contributed by atoms with van der Waals surface area (Å²) < 4.78 is 12.5. The monoisotopic (exact) mass is 386 g/mol. The Hall–Kier alpha value is -2.50. The van der Waals surface area contributed by atoms with Gasteiger partial charge in [0.25, 0.3) is 0 Å². The van der Waals surface area contributed by atoms with Crippen molar-refractivity contribution in [1.29, 1.82) is 0 Å². The smallest absolute Gasteiger partial charge is 0.419 e. The molecular weight excluding hydrogens is 356 g/mol. The Morgan fingerprint density at radius 2 is 1.64 bits per heavy atom. The van der Waals surface area contributed by atoms with Crippen molar-refractivity contribution in [2.75, 3.05) is 6.54 Å². The summed E-state index contributed by atoms with van der Waals surface area (Å²) in [6.07, 6.45) is 2.94. The molecule has 6 nitrogen and oxygen atoms in total. The number of fused-ring (bicyclic) bond motifs is 1. The highest BCUT2D eigenvalue weighted by Crippen LogP contribution is 2.50. The lowest BCUT2D eigenvalue weighted by molar-refractivity contribution is 0.0515. The Balaban J connectivity index is 1.87. The van der Waals surface area contributed by atoms with E-state index in [1.807, 2.05) is 72.0 Å². The van der Waals surface area contributed by atoms with Crippen LogP contribution < -0.4 is 5.32 Å². The lowest BCUT2D eigenvalue weighted by Gasteiger charge is -2.22. The summed E-state index contributed by atoms with van der Waals surface area (Å²) in [5.74, 6) is 0. The third kappa shape index (κ3) is 4.49. The Labute approximate surface area is 166 Å². The van der Waals surface area contributed by atoms with E-state index in [1.165, 1.54) is 0 Å². The highest BCUT2D eigenvalue weighted by atomic mass is 16.6. The molecule has 1 aliphatic rings. The molecule has 3 rings (SSSR count). The van der Waals surface area contributed by atoms with E-state index >= 15 is 0 Å². The second kappa shape index (κ2) is 6.83. The van der Waals surface area contributed by atoms with Gasteiger partial charge in [-0.15, -0.1) is 0 Å². The Bertz CT molecular complexity index is 895. The molecule has 6 heteroatoms. The van der Waals surface area contributed by atoms with Gasteiger partial charge in [-0.05, 0) is 66.0 Å². The molecule has 1 aliphatic carbocycles. The van der Waals surface area contributed by atoms with E-state index in [0.29, 0.717) is 6.54 Å². The molecule has 1 aromatic heterocycles. The molecule has 0 saturated heterocycles. The molecule has 0 spiro atoms. The van der Waals surface area contributed by atoms with Crippen molar-refractivity contribution in [3.63, 3.8) is 0 Å². The summed E-state index contributed by atoms with van der Waals surface area (Å²) in [5, 5.41) is 3.91. The SMILES string of the molecule is CC(C)(C)OC(=O)NCC1(c2cn(C(=O)OC(C)(C)C)c3ccccc23)CC1. The van der Waals surface area contributed by atoms with Gasteiger partial charge < -0.3 is 14.8 Å². The van der Waals surface area contributed by atoms with Gasteiger partial charge in [-0.3, -0.25) is 4.57 Å². The van der Waals surface area contributed by atoms with Gasteiger partial charge in [-0.25, -0.2) is 9.59 Å². The number of carbonyl (C=O) groups excluding carboxylic acids is 2. The lowest BCUT2D eigenvalue weighted by atomic mass is 9.95. The summed E-state index contributed by atoms with van der Waals surface area (Å²) >= 11 is 0. The zero-order valence-electron chi connectivity index (χ0n) is 17.6. The number of ether oxygens (including phenoxy) is 2. The first-order valence-electron chi connectivity index (χ1n) is 9.71. The summed E-state index contributed by atoms with van der Waals surface area (Å²) in [6, 6.07) is 7.80. The van der Waals surface area contributed by atoms with Gasteiger partial charge in [0.1, 0.15) is 11.2 Å². The first-order chi connectivity index (χ1) is 12.9. The van der Waals surface area contributed by atoms with E-state index in [1.54, 1.807) is 4.57 Å². The van der Waals surface area contributed by atoms with Crippen molar-refractivity contribution in [2.45, 2.75) is 71.0 Å². The predicted molar refractivity (Wildman–Crippen MR) is 109 cm³/mol. The van der Waals surface area contributed by atoms with Gasteiger partial charge in [0, 0.05) is 23.5 Å². The van der Waals surface area contributed by atoms with Crippen LogP contribution in [0, 0.1) is 0 Å². The van der Waals surface area contributed by atoms with Gasteiger partial charge in [-0.1, -0.05) is 18.2 Å². The maximum atomic E-state index is 12.7. The van der Waals surface area contributed by atoms with Crippen LogP contribution in [0.15, 0.2) is 30.5 Å². The molecule has 1 N–H and O–H groups in total. The van der Waals surface area contributed by atoms with Crippen LogP contribution in [0.4, 0.5) is 9.59 Å². The zero-order valence-corrected chi connectivity index (χ0v) is 17.6. The number of para-hydroxylation sites is 1. The molecule has 1 saturated carbocycles. The fourth-order valence-electron chi connectivity index (χ4n) is 3.31. The van der Waals surface area contributed by atoms with E-state index < -0.39 is 23.4 Å². The van der Waals surface area contributed by atoms with Crippen LogP contribution in [0.5, 0.6) is 0 Å². The maximum Gasteiger partial charge on any atom is 0.419 e. The third-order valence-electron chi connectivity index (χ3n) is 4.70. The van der Waals surface area contributed by atoms with Gasteiger partial charge in [0.2, 0.25) is 0 Å². The summed E-state index contributed by atoms with van der Waals surface area (Å²) in [4.78, 5) is 24.8. The topological polar surface area (TPSA) is 69.6 Å². The number of hydrogen-bond acceptors (Lipinski definition) is 4. The van der Waals surface area contributed by atoms with Gasteiger partial charge in [0.15, 0.2) is 0 Å². The molecule has 1 aromatic carbocycles. The minimum atomic E-state index is -0.571. The second-order valence-corrected chi connectivity index (χ2v) is 9.55. The number of amides is 1. The Kier molecular flexibility index (Phi) is 4.94. The van der Waals surface area contributed by atoms with Crippen molar-refractivity contribution in [2.24, 2.45) is 0 Å². The third-order valence-corrected chi connectivity index (χ3v) is 4.70. The number of nitrogens with zero attached hydrogens (tertiary/aromatic N) is 1. The molecular formula is C22H30N2O4. The number of nitrogens with one attached hydrogen (secondary N) is 1. The van der Waals surface area contributed by atoms with Crippen molar-refractivity contribution in [3.8, 4) is 0 Å². The second-order valence-electron chi connectivity index (χ2n) is 9.55. The molecule has 1 heterocycles. The van der Waals surface area contributed by atoms with Crippen LogP contribution in [0.3, 0.4) is 0 Å². The van der Waals surface area contributed by atoms with E-state index in [-0.39, 0.29) is 5.41 Å². The van der Waals surface area contributed by atoms with E-state index in [9.17, 15) is 9.59 Å². The molecule has 0 bridgehead atoms. The number of benzene rings is 1. The molecule has 28 heavy (non-hydrogen) atoms. The van der Waals surface area contributed by atoms with Crippen LogP contribution in [-0.4, -0.2) is 34.5 Å². The molecule has 0 unspecified atom stereocenters. The van der Waals surface area contributed by atoms with Crippen LogP contribution >= 0.6 is 0 Å². The maximum absolute atomic E-state index is 12.7. The lowest BCUT2D eigenvalue weighted by Crippen LogP contribution is -2.37. The largest absolute Gasteiger partial charge is 0.444 e. The van der Waals surface area contributed by atoms with Gasteiger partial charge in [-0.2, -0.15) is 0 Å². The number of aromatic nitrogens is 1. The molecule has 0 atom stereocenters. The Morgan fingerprint density at radius 3 is 2.21 bits per heavy atom. The minimum absolute atomic E-state index is 0.177. The van der Waals surface area contributed by atoms with Gasteiger partial charge >= 0.3 is 12.2 Å². The van der Waals surface area contributed by atoms with Crippen LogP contribution in [0.1, 0.15) is 59.9 Å². The quantitative estimate of drug-likeness (QED) is 0.808. The van der Waals surface area contributed by atoms with Crippen molar-refractivity contribution in [3.05, 3.63) is 36.0 Å². The molecule has 2 aromatic rings. The van der Waals surface area contributed by atoms with Crippen LogP contribution in [-0.2, 0) is 14.9 Å². The van der Waals surface area contributed by atoms with Crippen molar-refractivity contribution < 1.29 is 19.1 Å². The average molecular weight is 386 g/mol. The van der Waals surface area contributed by atoms with Crippen molar-refractivity contribution in [1.82, 2.24) is 9.88 Å². The summed E-state index contributed by atoms with van der Waals surface area (Å²) in [6.45, 7) is 11.6. The molecule has 0 aliphatic heterocycles. The van der Waals surface area contributed by atoms with Crippen LogP contribution in [0.2, 0.25) is 0 Å². The first kappa shape index (κ1) is 20.2.